The smallest absolute Gasteiger partial charge is 0.303 e. The van der Waals surface area contributed by atoms with Gasteiger partial charge in [0.05, 0.1) is 0 Å². The number of amides is 1. The summed E-state index contributed by atoms with van der Waals surface area (Å²) < 4.78 is 0. The molecule has 4 heteroatoms. The van der Waals surface area contributed by atoms with Gasteiger partial charge in [0.2, 0.25) is 5.91 Å². The van der Waals surface area contributed by atoms with E-state index in [-0.39, 0.29) is 18.2 Å². The maximum atomic E-state index is 12.3. The number of hydrogen-bond acceptors (Lipinski definition) is 2. The lowest BCUT2D eigenvalue weighted by Gasteiger charge is -2.20. The number of carbonyl (C=O) groups is 2. The number of nitrogens with zero attached hydrogens (tertiary/aromatic N) is 1. The first kappa shape index (κ1) is 15.1. The third-order valence-corrected chi connectivity index (χ3v) is 4.45. The van der Waals surface area contributed by atoms with E-state index >= 15 is 0 Å². The van der Waals surface area contributed by atoms with Crippen LogP contribution in [0.2, 0.25) is 0 Å². The van der Waals surface area contributed by atoms with Crippen LogP contribution in [0.5, 0.6) is 0 Å². The zero-order chi connectivity index (χ0) is 14.4. The molecule has 0 aromatic heterocycles. The molecule has 0 radical (unpaired) electrons. The van der Waals surface area contributed by atoms with Crippen molar-refractivity contribution in [1.29, 1.82) is 0 Å². The number of hydrogen-bond donors (Lipinski definition) is 1. The molecule has 2 fully saturated rings. The fourth-order valence-corrected chi connectivity index (χ4v) is 3.25. The summed E-state index contributed by atoms with van der Waals surface area (Å²) in [7, 11) is 0. The molecule has 1 saturated heterocycles. The highest BCUT2D eigenvalue weighted by molar-refractivity contribution is 5.88. The van der Waals surface area contributed by atoms with Crippen LogP contribution in [-0.2, 0) is 9.59 Å². The molecule has 0 aromatic rings. The van der Waals surface area contributed by atoms with Gasteiger partial charge >= 0.3 is 5.97 Å². The largest absolute Gasteiger partial charge is 0.481 e. The van der Waals surface area contributed by atoms with Gasteiger partial charge in [-0.2, -0.15) is 0 Å². The van der Waals surface area contributed by atoms with E-state index in [0.29, 0.717) is 6.54 Å². The Morgan fingerprint density at radius 3 is 2.55 bits per heavy atom. The second-order valence-electron chi connectivity index (χ2n) is 6.08. The molecule has 4 nitrogen and oxygen atoms in total. The first-order valence-corrected chi connectivity index (χ1v) is 7.85. The molecule has 20 heavy (non-hydrogen) atoms. The van der Waals surface area contributed by atoms with Crippen molar-refractivity contribution in [2.45, 2.75) is 57.8 Å². The SMILES string of the molecule is O=C(O)CC1CCCN(C(=O)C=C2CCCCC2)CC1. The van der Waals surface area contributed by atoms with Gasteiger partial charge in [-0.1, -0.05) is 12.0 Å². The average molecular weight is 279 g/mol. The summed E-state index contributed by atoms with van der Waals surface area (Å²) in [6, 6.07) is 0. The van der Waals surface area contributed by atoms with Crippen molar-refractivity contribution in [3.63, 3.8) is 0 Å². The topological polar surface area (TPSA) is 57.6 Å². The molecule has 1 aliphatic carbocycles. The number of allylic oxidation sites excluding steroid dienone is 1. The van der Waals surface area contributed by atoms with Crippen molar-refractivity contribution in [3.8, 4) is 0 Å². The summed E-state index contributed by atoms with van der Waals surface area (Å²) in [6.45, 7) is 1.49. The van der Waals surface area contributed by atoms with Crippen LogP contribution in [0, 0.1) is 5.92 Å². The standard InChI is InChI=1S/C16H25NO3/c18-15(11-13-5-2-1-3-6-13)17-9-4-7-14(8-10-17)12-16(19)20/h11,14H,1-10,12H2,(H,19,20). The van der Waals surface area contributed by atoms with Crippen LogP contribution in [0.25, 0.3) is 0 Å². The van der Waals surface area contributed by atoms with Gasteiger partial charge in [-0.3, -0.25) is 9.59 Å². The quantitative estimate of drug-likeness (QED) is 0.808. The number of carboxylic acids is 1. The van der Waals surface area contributed by atoms with E-state index in [9.17, 15) is 9.59 Å². The van der Waals surface area contributed by atoms with Crippen molar-refractivity contribution in [2.75, 3.05) is 13.1 Å². The fraction of sp³-hybridized carbons (Fsp3) is 0.750. The van der Waals surface area contributed by atoms with Crippen LogP contribution in [0.15, 0.2) is 11.6 Å². The Morgan fingerprint density at radius 2 is 1.85 bits per heavy atom. The summed E-state index contributed by atoms with van der Waals surface area (Å²) in [5.74, 6) is -0.357. The van der Waals surface area contributed by atoms with E-state index < -0.39 is 5.97 Å². The van der Waals surface area contributed by atoms with Crippen molar-refractivity contribution < 1.29 is 14.7 Å². The third-order valence-electron chi connectivity index (χ3n) is 4.45. The Kier molecular flexibility index (Phi) is 5.62. The highest BCUT2D eigenvalue weighted by atomic mass is 16.4. The summed E-state index contributed by atoms with van der Waals surface area (Å²) in [6.07, 6.45) is 10.6. The first-order chi connectivity index (χ1) is 9.65. The zero-order valence-corrected chi connectivity index (χ0v) is 12.1. The van der Waals surface area contributed by atoms with Gasteiger partial charge in [-0.15, -0.1) is 0 Å². The molecule has 1 aliphatic heterocycles. The Morgan fingerprint density at radius 1 is 1.10 bits per heavy atom. The van der Waals surface area contributed by atoms with E-state index in [4.69, 9.17) is 5.11 Å². The predicted octanol–water partition coefficient (Wildman–Crippen LogP) is 2.98. The average Bonchev–Trinajstić information content (AvgIpc) is 2.65. The van der Waals surface area contributed by atoms with E-state index in [1.54, 1.807) is 0 Å². The van der Waals surface area contributed by atoms with Crippen LogP contribution in [0.1, 0.15) is 57.8 Å². The Hall–Kier alpha value is -1.32. The molecule has 1 unspecified atom stereocenters. The number of aliphatic carboxylic acids is 1. The van der Waals surface area contributed by atoms with Crippen LogP contribution in [-0.4, -0.2) is 35.0 Å². The third kappa shape index (κ3) is 4.66. The van der Waals surface area contributed by atoms with E-state index in [0.717, 1.165) is 38.6 Å². The van der Waals surface area contributed by atoms with Crippen LogP contribution >= 0.6 is 0 Å². The second kappa shape index (κ2) is 7.46. The van der Waals surface area contributed by atoms with Crippen molar-refractivity contribution in [2.24, 2.45) is 5.92 Å². The molecule has 0 aromatic carbocycles. The summed E-state index contributed by atoms with van der Waals surface area (Å²) >= 11 is 0. The van der Waals surface area contributed by atoms with Crippen molar-refractivity contribution in [3.05, 3.63) is 11.6 Å². The molecule has 1 amide bonds. The van der Waals surface area contributed by atoms with E-state index in [1.807, 2.05) is 11.0 Å². The van der Waals surface area contributed by atoms with Gasteiger partial charge in [0, 0.05) is 25.6 Å². The lowest BCUT2D eigenvalue weighted by Crippen LogP contribution is -2.31. The lowest BCUT2D eigenvalue weighted by atomic mass is 9.94. The fourth-order valence-electron chi connectivity index (χ4n) is 3.25. The van der Waals surface area contributed by atoms with Gasteiger partial charge in [-0.05, 0) is 50.9 Å². The van der Waals surface area contributed by atoms with E-state index in [1.165, 1.54) is 24.8 Å². The van der Waals surface area contributed by atoms with Crippen molar-refractivity contribution in [1.82, 2.24) is 4.90 Å². The minimum atomic E-state index is -0.723. The molecule has 1 N–H and O–H groups in total. The van der Waals surface area contributed by atoms with Gasteiger partial charge in [0.1, 0.15) is 0 Å². The normalized spacial score (nSPS) is 24.1. The molecule has 1 heterocycles. The highest BCUT2D eigenvalue weighted by Crippen LogP contribution is 2.24. The Labute approximate surface area is 120 Å². The lowest BCUT2D eigenvalue weighted by molar-refractivity contribution is -0.138. The van der Waals surface area contributed by atoms with Crippen LogP contribution in [0.4, 0.5) is 0 Å². The molecule has 112 valence electrons. The van der Waals surface area contributed by atoms with Crippen LogP contribution < -0.4 is 0 Å². The molecule has 1 saturated carbocycles. The monoisotopic (exact) mass is 279 g/mol. The molecule has 0 spiro atoms. The number of rotatable bonds is 3. The number of carbonyl (C=O) groups excluding carboxylic acids is 1. The minimum Gasteiger partial charge on any atom is -0.481 e. The first-order valence-electron chi connectivity index (χ1n) is 7.85. The van der Waals surface area contributed by atoms with Crippen molar-refractivity contribution >= 4 is 11.9 Å². The van der Waals surface area contributed by atoms with Gasteiger partial charge in [0.25, 0.3) is 0 Å². The molecule has 2 aliphatic rings. The highest BCUT2D eigenvalue weighted by Gasteiger charge is 2.21. The number of likely N-dealkylation sites (tertiary alicyclic amines) is 1. The van der Waals surface area contributed by atoms with Gasteiger partial charge < -0.3 is 10.0 Å². The maximum absolute atomic E-state index is 12.3. The molecular weight excluding hydrogens is 254 g/mol. The minimum absolute atomic E-state index is 0.137. The second-order valence-corrected chi connectivity index (χ2v) is 6.08. The Balaban J connectivity index is 1.86. The zero-order valence-electron chi connectivity index (χ0n) is 12.1. The number of carboxylic acid groups (broad SMARTS) is 1. The summed E-state index contributed by atoms with van der Waals surface area (Å²) in [4.78, 5) is 25.0. The molecular formula is C16H25NO3. The molecule has 2 rings (SSSR count). The van der Waals surface area contributed by atoms with Gasteiger partial charge in [-0.25, -0.2) is 0 Å². The maximum Gasteiger partial charge on any atom is 0.303 e. The summed E-state index contributed by atoms with van der Waals surface area (Å²) in [5.41, 5.74) is 1.30. The predicted molar refractivity (Wildman–Crippen MR) is 77.3 cm³/mol. The van der Waals surface area contributed by atoms with Gasteiger partial charge in [0.15, 0.2) is 0 Å². The molecule has 0 bridgehead atoms. The summed E-state index contributed by atoms with van der Waals surface area (Å²) in [5, 5.41) is 8.86. The van der Waals surface area contributed by atoms with E-state index in [2.05, 4.69) is 0 Å². The van der Waals surface area contributed by atoms with Crippen LogP contribution in [0.3, 0.4) is 0 Å². The Bertz CT molecular complexity index is 381. The molecule has 1 atom stereocenters.